The molecule has 0 N–H and O–H groups in total. The summed E-state index contributed by atoms with van der Waals surface area (Å²) in [5, 5.41) is 12.0. The molecule has 0 radical (unpaired) electrons. The number of thiophene rings is 1. The molecule has 128 valence electrons. The van der Waals surface area contributed by atoms with Crippen LogP contribution < -0.4 is 4.74 Å². The van der Waals surface area contributed by atoms with Crippen molar-refractivity contribution < 1.29 is 14.1 Å². The summed E-state index contributed by atoms with van der Waals surface area (Å²) in [5.41, 5.74) is 0.846. The highest BCUT2D eigenvalue weighted by atomic mass is 32.1. The standard InChI is InChI=1S/C17H14FN3O3S/c1-9-2-4-11-14(6-9)25-17-15(11)16(19-8-20-17)24-13-7-10(18)3-5-12(13)21(22)23/h3,5,7-9H,2,4,6H2,1H3/t9-/m0/s1. The van der Waals surface area contributed by atoms with E-state index < -0.39 is 10.7 Å². The number of halogens is 1. The van der Waals surface area contributed by atoms with E-state index in [2.05, 4.69) is 16.9 Å². The van der Waals surface area contributed by atoms with Crippen LogP contribution >= 0.6 is 11.3 Å². The van der Waals surface area contributed by atoms with Gasteiger partial charge in [-0.3, -0.25) is 10.1 Å². The van der Waals surface area contributed by atoms with E-state index in [0.29, 0.717) is 5.92 Å². The third-order valence-electron chi connectivity index (χ3n) is 4.38. The van der Waals surface area contributed by atoms with Crippen molar-refractivity contribution in [3.05, 3.63) is 50.9 Å². The highest BCUT2D eigenvalue weighted by molar-refractivity contribution is 7.18. The van der Waals surface area contributed by atoms with Gasteiger partial charge in [0.2, 0.25) is 11.6 Å². The zero-order chi connectivity index (χ0) is 17.6. The molecule has 0 bridgehead atoms. The van der Waals surface area contributed by atoms with Crippen LogP contribution in [0.2, 0.25) is 0 Å². The predicted octanol–water partition coefficient (Wildman–Crippen LogP) is 4.66. The minimum Gasteiger partial charge on any atom is -0.431 e. The fourth-order valence-electron chi connectivity index (χ4n) is 3.15. The average molecular weight is 359 g/mol. The maximum Gasteiger partial charge on any atom is 0.311 e. The van der Waals surface area contributed by atoms with E-state index >= 15 is 0 Å². The number of rotatable bonds is 3. The largest absolute Gasteiger partial charge is 0.431 e. The number of nitrogens with zero attached hydrogens (tertiary/aromatic N) is 3. The summed E-state index contributed by atoms with van der Waals surface area (Å²) in [6, 6.07) is 3.13. The fraction of sp³-hybridized carbons (Fsp3) is 0.294. The molecule has 0 amide bonds. The monoisotopic (exact) mass is 359 g/mol. The zero-order valence-corrected chi connectivity index (χ0v) is 14.2. The third kappa shape index (κ3) is 2.82. The van der Waals surface area contributed by atoms with Crippen molar-refractivity contribution in [2.75, 3.05) is 0 Å². The molecule has 4 rings (SSSR count). The molecule has 0 aliphatic heterocycles. The van der Waals surface area contributed by atoms with Crippen LogP contribution in [0.25, 0.3) is 10.2 Å². The second kappa shape index (κ2) is 6.03. The number of fused-ring (bicyclic) bond motifs is 3. The fourth-order valence-corrected chi connectivity index (χ4v) is 4.49. The zero-order valence-electron chi connectivity index (χ0n) is 13.4. The summed E-state index contributed by atoms with van der Waals surface area (Å²) in [4.78, 5) is 21.1. The Bertz CT molecular complexity index is 989. The van der Waals surface area contributed by atoms with Crippen LogP contribution in [-0.2, 0) is 12.8 Å². The van der Waals surface area contributed by atoms with Gasteiger partial charge in [0.15, 0.2) is 0 Å². The molecule has 0 saturated carbocycles. The molecule has 1 aliphatic rings. The molecule has 2 heterocycles. The lowest BCUT2D eigenvalue weighted by Crippen LogP contribution is -2.08. The number of aryl methyl sites for hydroxylation is 1. The van der Waals surface area contributed by atoms with Crippen molar-refractivity contribution in [1.29, 1.82) is 0 Å². The van der Waals surface area contributed by atoms with Crippen LogP contribution in [-0.4, -0.2) is 14.9 Å². The summed E-state index contributed by atoms with van der Waals surface area (Å²) in [5.74, 6) is 0.0918. The SMILES string of the molecule is C[C@H]1CCc2c(sc3ncnc(Oc4cc(F)ccc4[N+](=O)[O-])c23)C1. The van der Waals surface area contributed by atoms with E-state index in [-0.39, 0.29) is 17.3 Å². The van der Waals surface area contributed by atoms with Gasteiger partial charge in [-0.05, 0) is 36.8 Å². The first-order valence-electron chi connectivity index (χ1n) is 7.90. The number of benzene rings is 1. The first-order chi connectivity index (χ1) is 12.0. The molecule has 1 aromatic carbocycles. The highest BCUT2D eigenvalue weighted by Gasteiger charge is 2.25. The average Bonchev–Trinajstić information content (AvgIpc) is 2.93. The van der Waals surface area contributed by atoms with Gasteiger partial charge in [-0.15, -0.1) is 11.3 Å². The summed E-state index contributed by atoms with van der Waals surface area (Å²) in [6.07, 6.45) is 4.31. The smallest absolute Gasteiger partial charge is 0.311 e. The molecule has 25 heavy (non-hydrogen) atoms. The molecule has 8 heteroatoms. The maximum absolute atomic E-state index is 13.6. The van der Waals surface area contributed by atoms with Crippen LogP contribution in [0.1, 0.15) is 23.8 Å². The van der Waals surface area contributed by atoms with Crippen LogP contribution in [0.4, 0.5) is 10.1 Å². The molecule has 2 aromatic heterocycles. The van der Waals surface area contributed by atoms with Crippen LogP contribution in [0.3, 0.4) is 0 Å². The number of hydrogen-bond donors (Lipinski definition) is 0. The maximum atomic E-state index is 13.6. The Balaban J connectivity index is 1.83. The van der Waals surface area contributed by atoms with Gasteiger partial charge in [0, 0.05) is 17.0 Å². The van der Waals surface area contributed by atoms with Crippen molar-refractivity contribution in [3.63, 3.8) is 0 Å². The molecule has 3 aromatic rings. The van der Waals surface area contributed by atoms with E-state index in [1.54, 1.807) is 11.3 Å². The van der Waals surface area contributed by atoms with Crippen molar-refractivity contribution in [3.8, 4) is 11.6 Å². The normalized spacial score (nSPS) is 16.6. The van der Waals surface area contributed by atoms with Gasteiger partial charge in [0.1, 0.15) is 17.0 Å². The Morgan fingerprint density at radius 2 is 2.24 bits per heavy atom. The first-order valence-corrected chi connectivity index (χ1v) is 8.71. The summed E-state index contributed by atoms with van der Waals surface area (Å²) in [6.45, 7) is 2.21. The van der Waals surface area contributed by atoms with E-state index in [4.69, 9.17) is 4.74 Å². The van der Waals surface area contributed by atoms with Crippen molar-refractivity contribution in [1.82, 2.24) is 9.97 Å². The number of aromatic nitrogens is 2. The molecule has 0 unspecified atom stereocenters. The van der Waals surface area contributed by atoms with Gasteiger partial charge in [-0.1, -0.05) is 6.92 Å². The lowest BCUT2D eigenvalue weighted by Gasteiger charge is -2.18. The van der Waals surface area contributed by atoms with Crippen molar-refractivity contribution >= 4 is 27.2 Å². The van der Waals surface area contributed by atoms with Crippen molar-refractivity contribution in [2.24, 2.45) is 5.92 Å². The second-order valence-corrected chi connectivity index (χ2v) is 7.27. The second-order valence-electron chi connectivity index (χ2n) is 6.18. The Kier molecular flexibility index (Phi) is 3.84. The third-order valence-corrected chi connectivity index (χ3v) is 5.54. The molecular formula is C17H14FN3O3S. The van der Waals surface area contributed by atoms with E-state index in [1.807, 2.05) is 0 Å². The van der Waals surface area contributed by atoms with E-state index in [0.717, 1.165) is 53.2 Å². The van der Waals surface area contributed by atoms with Gasteiger partial charge in [-0.25, -0.2) is 14.4 Å². The molecule has 0 saturated heterocycles. The van der Waals surface area contributed by atoms with Crippen LogP contribution in [0.5, 0.6) is 11.6 Å². The Morgan fingerprint density at radius 1 is 1.40 bits per heavy atom. The molecule has 6 nitrogen and oxygen atoms in total. The number of hydrogen-bond acceptors (Lipinski definition) is 6. The molecule has 1 atom stereocenters. The summed E-state index contributed by atoms with van der Waals surface area (Å²) in [7, 11) is 0. The number of ether oxygens (including phenoxy) is 1. The van der Waals surface area contributed by atoms with Crippen molar-refractivity contribution in [2.45, 2.75) is 26.2 Å². The molecule has 1 aliphatic carbocycles. The first kappa shape index (κ1) is 15.9. The number of nitro groups is 1. The molecule has 0 spiro atoms. The minimum atomic E-state index is -0.605. The molecule has 0 fully saturated rings. The van der Waals surface area contributed by atoms with Gasteiger partial charge >= 0.3 is 5.69 Å². The quantitative estimate of drug-likeness (QED) is 0.502. The Morgan fingerprint density at radius 3 is 3.04 bits per heavy atom. The highest BCUT2D eigenvalue weighted by Crippen LogP contribution is 2.42. The van der Waals surface area contributed by atoms with Gasteiger partial charge in [0.05, 0.1) is 10.3 Å². The van der Waals surface area contributed by atoms with Crippen LogP contribution in [0, 0.1) is 21.8 Å². The minimum absolute atomic E-state index is 0.158. The topological polar surface area (TPSA) is 78.2 Å². The van der Waals surface area contributed by atoms with Gasteiger partial charge in [0.25, 0.3) is 0 Å². The van der Waals surface area contributed by atoms with E-state index in [1.165, 1.54) is 11.2 Å². The lowest BCUT2D eigenvalue weighted by atomic mass is 9.89. The summed E-state index contributed by atoms with van der Waals surface area (Å²) < 4.78 is 19.2. The lowest BCUT2D eigenvalue weighted by molar-refractivity contribution is -0.385. The van der Waals surface area contributed by atoms with E-state index in [9.17, 15) is 14.5 Å². The van der Waals surface area contributed by atoms with Crippen LogP contribution in [0.15, 0.2) is 24.5 Å². The Hall–Kier alpha value is -2.61. The van der Waals surface area contributed by atoms with Gasteiger partial charge < -0.3 is 4.74 Å². The number of nitro benzene ring substituents is 1. The predicted molar refractivity (Wildman–Crippen MR) is 91.7 cm³/mol. The molecular weight excluding hydrogens is 345 g/mol. The van der Waals surface area contributed by atoms with Gasteiger partial charge in [-0.2, -0.15) is 0 Å². The summed E-state index contributed by atoms with van der Waals surface area (Å²) >= 11 is 1.60. The Labute approximate surface area is 146 Å².